The van der Waals surface area contributed by atoms with Crippen LogP contribution >= 0.6 is 15.9 Å². The third kappa shape index (κ3) is 3.78. The Balaban J connectivity index is 2.08. The Labute approximate surface area is 121 Å². The lowest BCUT2D eigenvalue weighted by Gasteiger charge is -2.35. The van der Waals surface area contributed by atoms with Crippen LogP contribution in [-0.4, -0.2) is 41.3 Å². The molecule has 1 saturated heterocycles. The van der Waals surface area contributed by atoms with Gasteiger partial charge in [0, 0.05) is 24.1 Å². The van der Waals surface area contributed by atoms with E-state index in [9.17, 15) is 4.79 Å². The summed E-state index contributed by atoms with van der Waals surface area (Å²) in [5.74, 6) is -0.902. The lowest BCUT2D eigenvalue weighted by molar-refractivity contribution is -0.0705. The van der Waals surface area contributed by atoms with E-state index >= 15 is 0 Å². The van der Waals surface area contributed by atoms with Gasteiger partial charge in [-0.15, -0.1) is 0 Å². The fraction of sp³-hybridized carbons (Fsp3) is 0.500. The number of morpholine rings is 1. The minimum Gasteiger partial charge on any atom is -0.478 e. The van der Waals surface area contributed by atoms with Crippen LogP contribution in [0, 0.1) is 0 Å². The Morgan fingerprint density at radius 3 is 2.58 bits per heavy atom. The molecule has 1 aliphatic rings. The standard InChI is InChI=1S/C14H18BrNO3/c1-9-6-16(7-10(2)19-9)8-12-4-3-11(14(17)18)5-13(12)15/h3-5,9-10H,6-8H2,1-2H3,(H,17,18)/t9-,10+. The van der Waals surface area contributed by atoms with Crippen molar-refractivity contribution < 1.29 is 14.6 Å². The molecule has 2 rings (SSSR count). The maximum absolute atomic E-state index is 10.9. The van der Waals surface area contributed by atoms with E-state index in [4.69, 9.17) is 9.84 Å². The number of carboxylic acids is 1. The van der Waals surface area contributed by atoms with Crippen LogP contribution in [0.2, 0.25) is 0 Å². The van der Waals surface area contributed by atoms with E-state index in [1.807, 2.05) is 6.07 Å². The third-order valence-corrected chi connectivity index (χ3v) is 3.93. The van der Waals surface area contributed by atoms with E-state index in [-0.39, 0.29) is 12.2 Å². The monoisotopic (exact) mass is 327 g/mol. The number of ether oxygens (including phenoxy) is 1. The normalized spacial score (nSPS) is 24.4. The molecule has 1 heterocycles. The highest BCUT2D eigenvalue weighted by atomic mass is 79.9. The summed E-state index contributed by atoms with van der Waals surface area (Å²) in [6, 6.07) is 5.18. The van der Waals surface area contributed by atoms with E-state index in [1.165, 1.54) is 0 Å². The lowest BCUT2D eigenvalue weighted by Crippen LogP contribution is -2.44. The molecule has 1 N–H and O–H groups in total. The fourth-order valence-electron chi connectivity index (χ4n) is 2.46. The van der Waals surface area contributed by atoms with Crippen LogP contribution in [0.5, 0.6) is 0 Å². The predicted molar refractivity (Wildman–Crippen MR) is 76.4 cm³/mol. The first-order valence-corrected chi connectivity index (χ1v) is 7.14. The summed E-state index contributed by atoms with van der Waals surface area (Å²) in [6.45, 7) is 6.75. The summed E-state index contributed by atoms with van der Waals surface area (Å²) in [4.78, 5) is 13.2. The second kappa shape index (κ2) is 6.03. The van der Waals surface area contributed by atoms with Gasteiger partial charge in [0.1, 0.15) is 0 Å². The molecule has 0 unspecified atom stereocenters. The van der Waals surface area contributed by atoms with Crippen molar-refractivity contribution in [1.82, 2.24) is 4.90 Å². The van der Waals surface area contributed by atoms with Crippen molar-refractivity contribution in [1.29, 1.82) is 0 Å². The van der Waals surface area contributed by atoms with E-state index < -0.39 is 5.97 Å². The summed E-state index contributed by atoms with van der Waals surface area (Å²) in [5, 5.41) is 8.94. The number of hydrogen-bond donors (Lipinski definition) is 1. The number of carboxylic acid groups (broad SMARTS) is 1. The molecule has 0 spiro atoms. The third-order valence-electron chi connectivity index (χ3n) is 3.19. The van der Waals surface area contributed by atoms with Crippen LogP contribution < -0.4 is 0 Å². The minimum atomic E-state index is -0.902. The van der Waals surface area contributed by atoms with Crippen LogP contribution in [0.3, 0.4) is 0 Å². The SMILES string of the molecule is C[C@@H]1CN(Cc2ccc(C(=O)O)cc2Br)C[C@H](C)O1. The molecule has 2 atom stereocenters. The Hall–Kier alpha value is -0.910. The highest BCUT2D eigenvalue weighted by Crippen LogP contribution is 2.22. The molecule has 1 fully saturated rings. The van der Waals surface area contributed by atoms with Crippen molar-refractivity contribution in [2.24, 2.45) is 0 Å². The van der Waals surface area contributed by atoms with Crippen molar-refractivity contribution >= 4 is 21.9 Å². The molecule has 4 nitrogen and oxygen atoms in total. The molecule has 5 heteroatoms. The molecule has 1 aliphatic heterocycles. The van der Waals surface area contributed by atoms with Crippen molar-refractivity contribution in [3.05, 3.63) is 33.8 Å². The molecule has 0 saturated carbocycles. The van der Waals surface area contributed by atoms with Crippen LogP contribution in [-0.2, 0) is 11.3 Å². The van der Waals surface area contributed by atoms with Crippen molar-refractivity contribution in [3.8, 4) is 0 Å². The molecular formula is C14H18BrNO3. The van der Waals surface area contributed by atoms with Crippen molar-refractivity contribution in [2.75, 3.05) is 13.1 Å². The van der Waals surface area contributed by atoms with Gasteiger partial charge in [0.25, 0.3) is 0 Å². The molecule has 19 heavy (non-hydrogen) atoms. The summed E-state index contributed by atoms with van der Waals surface area (Å²) in [5.41, 5.74) is 1.41. The number of rotatable bonds is 3. The van der Waals surface area contributed by atoms with Gasteiger partial charge in [-0.3, -0.25) is 4.90 Å². The van der Waals surface area contributed by atoms with E-state index in [1.54, 1.807) is 12.1 Å². The first kappa shape index (κ1) is 14.5. The quantitative estimate of drug-likeness (QED) is 0.927. The molecule has 0 aliphatic carbocycles. The number of hydrogen-bond acceptors (Lipinski definition) is 3. The largest absolute Gasteiger partial charge is 0.478 e. The number of nitrogens with zero attached hydrogens (tertiary/aromatic N) is 1. The molecule has 0 bridgehead atoms. The summed E-state index contributed by atoms with van der Waals surface area (Å²) in [7, 11) is 0. The Bertz CT molecular complexity index is 468. The van der Waals surface area contributed by atoms with Gasteiger partial charge in [-0.2, -0.15) is 0 Å². The number of halogens is 1. The number of aromatic carboxylic acids is 1. The smallest absolute Gasteiger partial charge is 0.335 e. The second-order valence-electron chi connectivity index (χ2n) is 5.06. The molecule has 0 radical (unpaired) electrons. The molecule has 0 aromatic heterocycles. The molecule has 104 valence electrons. The van der Waals surface area contributed by atoms with Gasteiger partial charge in [-0.05, 0) is 31.5 Å². The first-order chi connectivity index (χ1) is 8.95. The number of carbonyl (C=O) groups is 1. The van der Waals surface area contributed by atoms with E-state index in [0.717, 1.165) is 29.7 Å². The summed E-state index contributed by atoms with van der Waals surface area (Å²) in [6.07, 6.45) is 0.474. The zero-order valence-corrected chi connectivity index (χ0v) is 12.7. The van der Waals surface area contributed by atoms with E-state index in [0.29, 0.717) is 5.56 Å². The van der Waals surface area contributed by atoms with Gasteiger partial charge in [0.2, 0.25) is 0 Å². The van der Waals surface area contributed by atoms with Crippen LogP contribution in [0.15, 0.2) is 22.7 Å². The van der Waals surface area contributed by atoms with Crippen molar-refractivity contribution in [2.45, 2.75) is 32.6 Å². The average Bonchev–Trinajstić information content (AvgIpc) is 2.30. The molecule has 1 aromatic rings. The highest BCUT2D eigenvalue weighted by molar-refractivity contribution is 9.10. The van der Waals surface area contributed by atoms with Gasteiger partial charge in [0.15, 0.2) is 0 Å². The summed E-state index contributed by atoms with van der Waals surface area (Å²) >= 11 is 3.45. The van der Waals surface area contributed by atoms with Gasteiger partial charge in [-0.1, -0.05) is 22.0 Å². The van der Waals surface area contributed by atoms with Crippen LogP contribution in [0.25, 0.3) is 0 Å². The predicted octanol–water partition coefficient (Wildman–Crippen LogP) is 2.76. The maximum atomic E-state index is 10.9. The Morgan fingerprint density at radius 1 is 1.42 bits per heavy atom. The summed E-state index contributed by atoms with van der Waals surface area (Å²) < 4.78 is 6.55. The molecule has 1 aromatic carbocycles. The topological polar surface area (TPSA) is 49.8 Å². The van der Waals surface area contributed by atoms with Gasteiger partial charge >= 0.3 is 5.97 Å². The maximum Gasteiger partial charge on any atom is 0.335 e. The Morgan fingerprint density at radius 2 is 2.05 bits per heavy atom. The van der Waals surface area contributed by atoms with Crippen molar-refractivity contribution in [3.63, 3.8) is 0 Å². The second-order valence-corrected chi connectivity index (χ2v) is 5.92. The zero-order valence-electron chi connectivity index (χ0n) is 11.1. The van der Waals surface area contributed by atoms with Crippen LogP contribution in [0.1, 0.15) is 29.8 Å². The minimum absolute atomic E-state index is 0.237. The van der Waals surface area contributed by atoms with E-state index in [2.05, 4.69) is 34.7 Å². The number of benzene rings is 1. The first-order valence-electron chi connectivity index (χ1n) is 6.35. The highest BCUT2D eigenvalue weighted by Gasteiger charge is 2.22. The average molecular weight is 328 g/mol. The zero-order chi connectivity index (χ0) is 14.0. The molecule has 0 amide bonds. The van der Waals surface area contributed by atoms with Crippen LogP contribution in [0.4, 0.5) is 0 Å². The molecular weight excluding hydrogens is 310 g/mol. The fourth-order valence-corrected chi connectivity index (χ4v) is 2.97. The van der Waals surface area contributed by atoms with Gasteiger partial charge in [-0.25, -0.2) is 4.79 Å². The van der Waals surface area contributed by atoms with Gasteiger partial charge < -0.3 is 9.84 Å². The lowest BCUT2D eigenvalue weighted by atomic mass is 10.1. The van der Waals surface area contributed by atoms with Gasteiger partial charge in [0.05, 0.1) is 17.8 Å². The Kier molecular flexibility index (Phi) is 4.60.